The first-order valence-corrected chi connectivity index (χ1v) is 11.7. The van der Waals surface area contributed by atoms with Crippen LogP contribution < -0.4 is 10.2 Å². The highest BCUT2D eigenvalue weighted by Crippen LogP contribution is 2.31. The van der Waals surface area contributed by atoms with Gasteiger partial charge in [0.25, 0.3) is 0 Å². The number of hydrogen-bond donors (Lipinski definition) is 1. The number of amides is 2. The predicted octanol–water partition coefficient (Wildman–Crippen LogP) is 5.61. The molecule has 178 valence electrons. The number of nitrogens with zero attached hydrogens (tertiary/aromatic N) is 3. The second kappa shape index (κ2) is 11.6. The number of aromatic nitrogens is 1. The van der Waals surface area contributed by atoms with E-state index in [-0.39, 0.29) is 18.4 Å². The van der Waals surface area contributed by atoms with Crippen molar-refractivity contribution in [3.05, 3.63) is 121 Å². The van der Waals surface area contributed by atoms with E-state index in [0.717, 1.165) is 16.7 Å². The van der Waals surface area contributed by atoms with Crippen LogP contribution in [0.5, 0.6) is 0 Å². The van der Waals surface area contributed by atoms with Crippen LogP contribution in [0.25, 0.3) is 11.1 Å². The first-order chi connectivity index (χ1) is 17.6. The topological polar surface area (TPSA) is 86.1 Å². The van der Waals surface area contributed by atoms with E-state index in [2.05, 4.69) is 10.3 Å². The predicted molar refractivity (Wildman–Crippen MR) is 140 cm³/mol. The van der Waals surface area contributed by atoms with E-state index >= 15 is 0 Å². The Morgan fingerprint density at radius 3 is 2.08 bits per heavy atom. The number of nitrogens with one attached hydrogen (secondary N) is 1. The number of carbonyl (C=O) groups is 2. The van der Waals surface area contributed by atoms with Crippen molar-refractivity contribution < 1.29 is 9.59 Å². The Bertz CT molecular complexity index is 1330. The van der Waals surface area contributed by atoms with Gasteiger partial charge in [-0.1, -0.05) is 78.9 Å². The van der Waals surface area contributed by atoms with E-state index in [4.69, 9.17) is 0 Å². The molecule has 4 aromatic rings. The molecule has 2 atom stereocenters. The third-order valence-corrected chi connectivity index (χ3v) is 5.92. The number of pyridine rings is 1. The zero-order valence-corrected chi connectivity index (χ0v) is 19.9. The molecule has 6 nitrogen and oxygen atoms in total. The molecule has 1 aromatic heterocycles. The van der Waals surface area contributed by atoms with Crippen LogP contribution in [0.15, 0.2) is 109 Å². The average Bonchev–Trinajstić information content (AvgIpc) is 2.93. The number of benzene rings is 3. The molecule has 6 heteroatoms. The molecule has 0 saturated carbocycles. The molecule has 2 amide bonds. The van der Waals surface area contributed by atoms with Gasteiger partial charge in [-0.2, -0.15) is 5.26 Å². The molecular formula is C30H26N4O2. The van der Waals surface area contributed by atoms with Crippen LogP contribution in [0, 0.1) is 11.3 Å². The van der Waals surface area contributed by atoms with Gasteiger partial charge < -0.3 is 5.32 Å². The molecule has 0 aliphatic carbocycles. The number of hydrogen-bond acceptors (Lipinski definition) is 4. The summed E-state index contributed by atoms with van der Waals surface area (Å²) in [6.07, 6.45) is 2.82. The van der Waals surface area contributed by atoms with Gasteiger partial charge >= 0.3 is 0 Å². The lowest BCUT2D eigenvalue weighted by molar-refractivity contribution is -0.126. The van der Waals surface area contributed by atoms with Crippen LogP contribution in [-0.4, -0.2) is 16.8 Å². The summed E-state index contributed by atoms with van der Waals surface area (Å²) >= 11 is 0. The first kappa shape index (κ1) is 24.4. The smallest absolute Gasteiger partial charge is 0.248 e. The van der Waals surface area contributed by atoms with Crippen LogP contribution in [-0.2, 0) is 9.59 Å². The molecule has 0 aliphatic rings. The Labute approximate surface area is 210 Å². The van der Waals surface area contributed by atoms with Crippen molar-refractivity contribution in [1.29, 1.82) is 5.26 Å². The zero-order chi connectivity index (χ0) is 25.3. The summed E-state index contributed by atoms with van der Waals surface area (Å²) in [5.74, 6) is -0.834. The monoisotopic (exact) mass is 474 g/mol. The van der Waals surface area contributed by atoms with Crippen molar-refractivity contribution in [3.63, 3.8) is 0 Å². The van der Waals surface area contributed by atoms with Gasteiger partial charge in [0, 0.05) is 23.6 Å². The minimum atomic E-state index is -1.01. The van der Waals surface area contributed by atoms with Crippen molar-refractivity contribution in [2.24, 2.45) is 0 Å². The standard InChI is InChI=1S/C30H26N4O2/c1-22(23-9-4-2-5-10-23)33-30(36)29(26-13-8-20-32-21-26)34(28(35)18-19-31)27-16-14-25(15-17-27)24-11-6-3-7-12-24/h2-17,20-22,29H,18H2,1H3,(H,33,36)/t22-,29+/m0/s1. The van der Waals surface area contributed by atoms with Gasteiger partial charge in [-0.3, -0.25) is 19.5 Å². The van der Waals surface area contributed by atoms with Gasteiger partial charge in [-0.25, -0.2) is 0 Å². The second-order valence-electron chi connectivity index (χ2n) is 8.34. The second-order valence-corrected chi connectivity index (χ2v) is 8.34. The molecule has 0 saturated heterocycles. The molecule has 0 radical (unpaired) electrons. The summed E-state index contributed by atoms with van der Waals surface area (Å²) in [6, 6.07) is 31.0. The minimum absolute atomic E-state index is 0.286. The number of nitriles is 1. The van der Waals surface area contributed by atoms with E-state index in [1.54, 1.807) is 36.7 Å². The average molecular weight is 475 g/mol. The summed E-state index contributed by atoms with van der Waals surface area (Å²) in [6.45, 7) is 1.89. The van der Waals surface area contributed by atoms with Gasteiger partial charge in [0.2, 0.25) is 11.8 Å². The molecule has 0 bridgehead atoms. The van der Waals surface area contributed by atoms with E-state index in [1.807, 2.05) is 85.8 Å². The fourth-order valence-electron chi connectivity index (χ4n) is 4.11. The number of carbonyl (C=O) groups excluding carboxylic acids is 2. The maximum absolute atomic E-state index is 13.7. The maximum atomic E-state index is 13.7. The highest BCUT2D eigenvalue weighted by atomic mass is 16.2. The van der Waals surface area contributed by atoms with Crippen molar-refractivity contribution in [2.45, 2.75) is 25.4 Å². The Balaban J connectivity index is 1.73. The Morgan fingerprint density at radius 2 is 1.47 bits per heavy atom. The van der Waals surface area contributed by atoms with Crippen LogP contribution in [0.3, 0.4) is 0 Å². The molecule has 0 fully saturated rings. The lowest BCUT2D eigenvalue weighted by Gasteiger charge is -2.32. The van der Waals surface area contributed by atoms with Gasteiger partial charge in [0.15, 0.2) is 0 Å². The SMILES string of the molecule is C[C@H](NC(=O)[C@@H](c1cccnc1)N(C(=O)CC#N)c1ccc(-c2ccccc2)cc1)c1ccccc1. The van der Waals surface area contributed by atoms with Crippen LogP contribution >= 0.6 is 0 Å². The van der Waals surface area contributed by atoms with Crippen molar-refractivity contribution in [3.8, 4) is 17.2 Å². The van der Waals surface area contributed by atoms with Gasteiger partial charge in [-0.05, 0) is 41.8 Å². The Kier molecular flexibility index (Phi) is 7.84. The van der Waals surface area contributed by atoms with Gasteiger partial charge in [0.05, 0.1) is 12.1 Å². The zero-order valence-electron chi connectivity index (χ0n) is 19.9. The molecule has 0 aliphatic heterocycles. The highest BCUT2D eigenvalue weighted by Gasteiger charge is 2.33. The quantitative estimate of drug-likeness (QED) is 0.359. The van der Waals surface area contributed by atoms with E-state index < -0.39 is 11.9 Å². The van der Waals surface area contributed by atoms with E-state index in [1.165, 1.54) is 4.90 Å². The lowest BCUT2D eigenvalue weighted by Crippen LogP contribution is -2.44. The van der Waals surface area contributed by atoms with Crippen molar-refractivity contribution in [2.75, 3.05) is 4.90 Å². The normalized spacial score (nSPS) is 12.1. The molecule has 0 unspecified atom stereocenters. The van der Waals surface area contributed by atoms with Crippen molar-refractivity contribution >= 4 is 17.5 Å². The van der Waals surface area contributed by atoms with Crippen LogP contribution in [0.2, 0.25) is 0 Å². The third kappa shape index (κ3) is 5.65. The highest BCUT2D eigenvalue weighted by molar-refractivity contribution is 6.02. The molecule has 36 heavy (non-hydrogen) atoms. The van der Waals surface area contributed by atoms with E-state index in [0.29, 0.717) is 11.3 Å². The van der Waals surface area contributed by atoms with Gasteiger partial charge in [0.1, 0.15) is 12.5 Å². The fourth-order valence-corrected chi connectivity index (χ4v) is 4.11. The Hall–Kier alpha value is -4.76. The van der Waals surface area contributed by atoms with E-state index in [9.17, 15) is 14.9 Å². The van der Waals surface area contributed by atoms with Gasteiger partial charge in [-0.15, -0.1) is 0 Å². The third-order valence-electron chi connectivity index (χ3n) is 5.92. The molecule has 3 aromatic carbocycles. The summed E-state index contributed by atoms with van der Waals surface area (Å²) in [4.78, 5) is 32.6. The molecule has 1 N–H and O–H groups in total. The fraction of sp³-hybridized carbons (Fsp3) is 0.133. The molecule has 1 heterocycles. The Morgan fingerprint density at radius 1 is 0.861 bits per heavy atom. The summed E-state index contributed by atoms with van der Waals surface area (Å²) in [5, 5.41) is 12.3. The maximum Gasteiger partial charge on any atom is 0.248 e. The molecule has 0 spiro atoms. The van der Waals surface area contributed by atoms with Crippen molar-refractivity contribution in [1.82, 2.24) is 10.3 Å². The molecule has 4 rings (SSSR count). The largest absolute Gasteiger partial charge is 0.347 e. The number of anilines is 1. The van der Waals surface area contributed by atoms with Crippen LogP contribution in [0.4, 0.5) is 5.69 Å². The molecular weight excluding hydrogens is 448 g/mol. The minimum Gasteiger partial charge on any atom is -0.347 e. The number of rotatable bonds is 8. The van der Waals surface area contributed by atoms with Crippen LogP contribution in [0.1, 0.15) is 36.6 Å². The summed E-state index contributed by atoms with van der Waals surface area (Å²) < 4.78 is 0. The lowest BCUT2D eigenvalue weighted by atomic mass is 10.0. The summed E-state index contributed by atoms with van der Waals surface area (Å²) in [7, 11) is 0. The summed E-state index contributed by atoms with van der Waals surface area (Å²) in [5.41, 5.74) is 4.03. The first-order valence-electron chi connectivity index (χ1n) is 11.7.